The normalized spacial score (nSPS) is 12.7. The number of allylic oxidation sites excluding steroid dienone is 2. The molecule has 0 heterocycles. The lowest BCUT2D eigenvalue weighted by Gasteiger charge is -2.25. The van der Waals surface area contributed by atoms with E-state index in [0.29, 0.717) is 17.4 Å². The van der Waals surface area contributed by atoms with Crippen LogP contribution in [0, 0.1) is 0 Å². The maximum atomic E-state index is 12.9. The second-order valence-electron chi connectivity index (χ2n) is 22.4. The molecule has 0 spiro atoms. The Morgan fingerprint density at radius 1 is 0.408 bits per heavy atom. The zero-order chi connectivity index (χ0) is 52.0. The van der Waals surface area contributed by atoms with Crippen LogP contribution in [-0.2, 0) is 33.3 Å². The van der Waals surface area contributed by atoms with E-state index in [1.807, 2.05) is 21.1 Å². The highest BCUT2D eigenvalue weighted by Gasteiger charge is 2.25. The number of hydrogen-bond acceptors (Lipinski definition) is 7. The fraction of sp³-hybridized carbons (Fsp3) is 0.919. The summed E-state index contributed by atoms with van der Waals surface area (Å²) in [7, 11) is 5.98. The molecule has 1 N–H and O–H groups in total. The van der Waals surface area contributed by atoms with Gasteiger partial charge in [-0.3, -0.25) is 9.59 Å². The molecule has 0 bridgehead atoms. The molecular weight excluding hydrogens is 887 g/mol. The maximum Gasteiger partial charge on any atom is 0.361 e. The number of quaternary nitrogens is 1. The van der Waals surface area contributed by atoms with Crippen LogP contribution in [0.25, 0.3) is 0 Å². The minimum atomic E-state index is -1.51. The van der Waals surface area contributed by atoms with E-state index in [-0.39, 0.29) is 32.2 Å². The highest BCUT2D eigenvalue weighted by Crippen LogP contribution is 2.18. The van der Waals surface area contributed by atoms with Crippen LogP contribution in [0.2, 0.25) is 0 Å². The molecule has 0 aromatic rings. The summed E-state index contributed by atoms with van der Waals surface area (Å²) in [6.07, 6.45) is 60.2. The van der Waals surface area contributed by atoms with E-state index in [9.17, 15) is 19.5 Å². The van der Waals surface area contributed by atoms with E-state index in [0.717, 1.165) is 51.4 Å². The molecule has 9 nitrogen and oxygen atoms in total. The Hall–Kier alpha value is -1.97. The van der Waals surface area contributed by atoms with Crippen molar-refractivity contribution < 1.29 is 42.9 Å². The van der Waals surface area contributed by atoms with Crippen molar-refractivity contribution in [1.82, 2.24) is 0 Å². The van der Waals surface area contributed by atoms with Crippen molar-refractivity contribution in [2.75, 3.05) is 47.5 Å². The molecule has 0 aliphatic rings. The fourth-order valence-electron chi connectivity index (χ4n) is 9.25. The van der Waals surface area contributed by atoms with Crippen molar-refractivity contribution >= 4 is 17.9 Å². The number of nitrogens with zero attached hydrogens (tertiary/aromatic N) is 1. The Morgan fingerprint density at radius 2 is 0.718 bits per heavy atom. The number of carboxylic acids is 1. The van der Waals surface area contributed by atoms with Gasteiger partial charge in [-0.25, -0.2) is 4.79 Å². The van der Waals surface area contributed by atoms with Crippen molar-refractivity contribution in [3.8, 4) is 0 Å². The monoisotopic (exact) mass is 1010 g/mol. The molecule has 0 aliphatic heterocycles. The van der Waals surface area contributed by atoms with E-state index in [1.54, 1.807) is 0 Å². The van der Waals surface area contributed by atoms with Gasteiger partial charge in [-0.15, -0.1) is 0 Å². The fourth-order valence-corrected chi connectivity index (χ4v) is 9.25. The van der Waals surface area contributed by atoms with Gasteiger partial charge in [-0.1, -0.05) is 270 Å². The Labute approximate surface area is 440 Å². The van der Waals surface area contributed by atoms with Gasteiger partial charge < -0.3 is 28.5 Å². The Morgan fingerprint density at radius 3 is 1.04 bits per heavy atom. The number of likely N-dealkylation sites (N-methyl/N-ethyl adjacent to an activating group) is 1. The number of carbonyl (C=O) groups excluding carboxylic acids is 2. The molecule has 0 amide bonds. The first kappa shape index (κ1) is 69.0. The van der Waals surface area contributed by atoms with Crippen molar-refractivity contribution in [2.24, 2.45) is 0 Å². The number of carbonyl (C=O) groups is 3. The molecule has 0 aromatic carbocycles. The van der Waals surface area contributed by atoms with Gasteiger partial charge in [0.05, 0.1) is 34.4 Å². The molecule has 0 aromatic heterocycles. The van der Waals surface area contributed by atoms with Crippen LogP contribution < -0.4 is 0 Å². The zero-order valence-corrected chi connectivity index (χ0v) is 47.9. The highest BCUT2D eigenvalue weighted by atomic mass is 16.7. The molecule has 2 unspecified atom stereocenters. The minimum Gasteiger partial charge on any atom is -0.477 e. The van der Waals surface area contributed by atoms with Gasteiger partial charge in [0.15, 0.2) is 6.10 Å². The summed E-state index contributed by atoms with van der Waals surface area (Å²) in [4.78, 5) is 37.4. The van der Waals surface area contributed by atoms with Crippen molar-refractivity contribution in [1.29, 1.82) is 0 Å². The SMILES string of the molecule is CCCCCCCC/C=C\CCCCCCCCCC(=O)OC(COC(=O)CCCCCCCCCCCCCCCCCCCCCCCCCCCCCCC)COC(OCC[N+](C)(C)C)C(=O)O. The van der Waals surface area contributed by atoms with E-state index < -0.39 is 24.3 Å². The van der Waals surface area contributed by atoms with E-state index in [1.165, 1.54) is 231 Å². The maximum absolute atomic E-state index is 12.9. The average Bonchev–Trinajstić information content (AvgIpc) is 3.34. The summed E-state index contributed by atoms with van der Waals surface area (Å²) in [6.45, 7) is 4.93. The lowest BCUT2D eigenvalue weighted by Crippen LogP contribution is -2.40. The van der Waals surface area contributed by atoms with Crippen LogP contribution in [0.15, 0.2) is 12.2 Å². The molecule has 2 atom stereocenters. The van der Waals surface area contributed by atoms with Crippen LogP contribution in [0.1, 0.15) is 309 Å². The number of unbranched alkanes of at least 4 members (excludes halogenated alkanes) is 41. The summed E-state index contributed by atoms with van der Waals surface area (Å²) in [6, 6.07) is 0. The Balaban J connectivity index is 4.09. The van der Waals surface area contributed by atoms with Crippen LogP contribution in [0.5, 0.6) is 0 Å². The summed E-state index contributed by atoms with van der Waals surface area (Å²) in [5, 5.41) is 9.70. The minimum absolute atomic E-state index is 0.177. The summed E-state index contributed by atoms with van der Waals surface area (Å²) < 4.78 is 22.9. The smallest absolute Gasteiger partial charge is 0.361 e. The van der Waals surface area contributed by atoms with Gasteiger partial charge >= 0.3 is 17.9 Å². The quantitative estimate of drug-likeness (QED) is 0.0211. The predicted molar refractivity (Wildman–Crippen MR) is 300 cm³/mol. The van der Waals surface area contributed by atoms with Crippen LogP contribution in [0.3, 0.4) is 0 Å². The highest BCUT2D eigenvalue weighted by molar-refractivity contribution is 5.71. The summed E-state index contributed by atoms with van der Waals surface area (Å²) in [5.41, 5.74) is 0. The molecule has 420 valence electrons. The number of hydrogen-bond donors (Lipinski definition) is 1. The summed E-state index contributed by atoms with van der Waals surface area (Å²) >= 11 is 0. The van der Waals surface area contributed by atoms with Crippen LogP contribution in [-0.4, -0.2) is 87.4 Å². The molecular formula is C62H120NO8+. The van der Waals surface area contributed by atoms with Gasteiger partial charge in [0.25, 0.3) is 6.29 Å². The van der Waals surface area contributed by atoms with Crippen molar-refractivity contribution in [3.05, 3.63) is 12.2 Å². The van der Waals surface area contributed by atoms with Crippen LogP contribution in [0.4, 0.5) is 0 Å². The zero-order valence-electron chi connectivity index (χ0n) is 47.9. The van der Waals surface area contributed by atoms with Gasteiger partial charge in [0.1, 0.15) is 13.2 Å². The molecule has 9 heteroatoms. The van der Waals surface area contributed by atoms with E-state index in [4.69, 9.17) is 18.9 Å². The first-order valence-electron chi connectivity index (χ1n) is 30.9. The second kappa shape index (κ2) is 54.3. The number of aliphatic carboxylic acids is 1. The van der Waals surface area contributed by atoms with Gasteiger partial charge in [0, 0.05) is 12.8 Å². The molecule has 0 saturated carbocycles. The average molecular weight is 1010 g/mol. The van der Waals surface area contributed by atoms with Crippen molar-refractivity contribution in [3.63, 3.8) is 0 Å². The Bertz CT molecular complexity index is 1170. The topological polar surface area (TPSA) is 108 Å². The number of ether oxygens (including phenoxy) is 4. The standard InChI is InChI=1S/C62H119NO8/c1-6-8-10-12-14-16-18-20-22-24-25-26-27-28-29-30-31-32-33-34-35-37-38-40-42-44-46-48-50-52-59(64)69-56-58(57-70-62(61(66)67)68-55-54-63(3,4)5)71-60(65)53-51-49-47-45-43-41-39-36-23-21-19-17-15-13-11-9-7-2/h21,23,58,62H,6-20,22,24-57H2,1-5H3/p+1/b23-21-. The largest absolute Gasteiger partial charge is 0.477 e. The first-order valence-corrected chi connectivity index (χ1v) is 30.9. The number of rotatable bonds is 58. The molecule has 0 radical (unpaired) electrons. The molecule has 0 rings (SSSR count). The summed E-state index contributed by atoms with van der Waals surface area (Å²) in [5.74, 6) is -1.99. The third kappa shape index (κ3) is 55.6. The number of esters is 2. The molecule has 71 heavy (non-hydrogen) atoms. The van der Waals surface area contributed by atoms with E-state index >= 15 is 0 Å². The molecule has 0 aliphatic carbocycles. The van der Waals surface area contributed by atoms with E-state index in [2.05, 4.69) is 26.0 Å². The second-order valence-corrected chi connectivity index (χ2v) is 22.4. The van der Waals surface area contributed by atoms with Gasteiger partial charge in [0.2, 0.25) is 0 Å². The van der Waals surface area contributed by atoms with Crippen LogP contribution >= 0.6 is 0 Å². The molecule has 0 saturated heterocycles. The van der Waals surface area contributed by atoms with Gasteiger partial charge in [-0.2, -0.15) is 0 Å². The first-order chi connectivity index (χ1) is 34.6. The third-order valence-electron chi connectivity index (χ3n) is 14.0. The van der Waals surface area contributed by atoms with Crippen molar-refractivity contribution in [2.45, 2.75) is 322 Å². The Kier molecular flexibility index (Phi) is 52.8. The predicted octanol–water partition coefficient (Wildman–Crippen LogP) is 18.1. The lowest BCUT2D eigenvalue weighted by atomic mass is 10.0. The number of carboxylic acid groups (broad SMARTS) is 1. The third-order valence-corrected chi connectivity index (χ3v) is 14.0. The van der Waals surface area contributed by atoms with Gasteiger partial charge in [-0.05, 0) is 38.5 Å². The lowest BCUT2D eigenvalue weighted by molar-refractivity contribution is -0.870. The molecule has 0 fully saturated rings.